The van der Waals surface area contributed by atoms with Gasteiger partial charge in [0.05, 0.1) is 11.4 Å². The van der Waals surface area contributed by atoms with E-state index in [2.05, 4.69) is 5.32 Å². The van der Waals surface area contributed by atoms with Crippen molar-refractivity contribution < 1.29 is 13.6 Å². The van der Waals surface area contributed by atoms with E-state index < -0.39 is 0 Å². The van der Waals surface area contributed by atoms with Gasteiger partial charge >= 0.3 is 0 Å². The molecular formula is C18H13NO3S. The number of benzene rings is 1. The van der Waals surface area contributed by atoms with Crippen molar-refractivity contribution in [1.82, 2.24) is 5.32 Å². The van der Waals surface area contributed by atoms with Crippen LogP contribution in [0.3, 0.4) is 0 Å². The summed E-state index contributed by atoms with van der Waals surface area (Å²) in [4.78, 5) is 13.2. The van der Waals surface area contributed by atoms with Crippen LogP contribution in [0.2, 0.25) is 0 Å². The predicted molar refractivity (Wildman–Crippen MR) is 89.4 cm³/mol. The topological polar surface area (TPSA) is 55.4 Å². The van der Waals surface area contributed by atoms with Gasteiger partial charge in [0.15, 0.2) is 5.76 Å². The molecule has 4 rings (SSSR count). The van der Waals surface area contributed by atoms with Gasteiger partial charge in [-0.3, -0.25) is 4.79 Å². The van der Waals surface area contributed by atoms with Crippen LogP contribution >= 0.6 is 11.3 Å². The van der Waals surface area contributed by atoms with Crippen LogP contribution in [0, 0.1) is 0 Å². The molecule has 1 aromatic carbocycles. The number of para-hydroxylation sites is 1. The van der Waals surface area contributed by atoms with E-state index in [9.17, 15) is 4.79 Å². The van der Waals surface area contributed by atoms with E-state index in [0.717, 1.165) is 16.0 Å². The summed E-state index contributed by atoms with van der Waals surface area (Å²) < 4.78 is 11.3. The molecule has 0 aliphatic heterocycles. The SMILES string of the molecule is O=C(NCc1ccc(-c2cccs2)o1)c1cc2ccccc2o1. The molecule has 4 nitrogen and oxygen atoms in total. The van der Waals surface area contributed by atoms with Crippen molar-refractivity contribution in [2.45, 2.75) is 6.54 Å². The number of thiophene rings is 1. The molecule has 0 atom stereocenters. The van der Waals surface area contributed by atoms with E-state index in [4.69, 9.17) is 8.83 Å². The molecule has 0 unspecified atom stereocenters. The van der Waals surface area contributed by atoms with Gasteiger partial charge in [-0.1, -0.05) is 24.3 Å². The Kier molecular flexibility index (Phi) is 3.48. The zero-order chi connectivity index (χ0) is 15.6. The monoisotopic (exact) mass is 323 g/mol. The Labute approximate surface area is 136 Å². The van der Waals surface area contributed by atoms with E-state index in [-0.39, 0.29) is 5.91 Å². The second-order valence-electron chi connectivity index (χ2n) is 5.07. The van der Waals surface area contributed by atoms with Crippen molar-refractivity contribution >= 4 is 28.2 Å². The van der Waals surface area contributed by atoms with Crippen molar-refractivity contribution in [3.8, 4) is 10.6 Å². The number of hydrogen-bond acceptors (Lipinski definition) is 4. The third-order valence-corrected chi connectivity index (χ3v) is 4.38. The molecule has 0 radical (unpaired) electrons. The maximum Gasteiger partial charge on any atom is 0.287 e. The van der Waals surface area contributed by atoms with Gasteiger partial charge in [-0.15, -0.1) is 11.3 Å². The van der Waals surface area contributed by atoms with Crippen LogP contribution in [0.4, 0.5) is 0 Å². The molecule has 5 heteroatoms. The minimum absolute atomic E-state index is 0.254. The second kappa shape index (κ2) is 5.78. The van der Waals surface area contributed by atoms with E-state index in [1.54, 1.807) is 17.4 Å². The Balaban J connectivity index is 1.45. The number of nitrogens with one attached hydrogen (secondary N) is 1. The molecule has 1 amide bonds. The molecule has 0 saturated heterocycles. The van der Waals surface area contributed by atoms with Crippen LogP contribution in [0.1, 0.15) is 16.3 Å². The molecule has 0 bridgehead atoms. The summed E-state index contributed by atoms with van der Waals surface area (Å²) in [7, 11) is 0. The summed E-state index contributed by atoms with van der Waals surface area (Å²) in [5.41, 5.74) is 0.704. The standard InChI is InChI=1S/C18H13NO3S/c20-18(16-10-12-4-1-2-5-14(12)22-16)19-11-13-7-8-15(21-13)17-6-3-9-23-17/h1-10H,11H2,(H,19,20). The van der Waals surface area contributed by atoms with Crippen molar-refractivity contribution in [2.24, 2.45) is 0 Å². The molecule has 0 spiro atoms. The molecule has 3 aromatic heterocycles. The van der Waals surface area contributed by atoms with Crippen LogP contribution in [-0.4, -0.2) is 5.91 Å². The highest BCUT2D eigenvalue weighted by Crippen LogP contribution is 2.26. The largest absolute Gasteiger partial charge is 0.458 e. The fraction of sp³-hybridized carbons (Fsp3) is 0.0556. The Morgan fingerprint density at radius 1 is 1.04 bits per heavy atom. The number of furan rings is 2. The Bertz CT molecular complexity index is 917. The first-order valence-electron chi connectivity index (χ1n) is 7.19. The maximum absolute atomic E-state index is 12.2. The summed E-state index contributed by atoms with van der Waals surface area (Å²) >= 11 is 1.62. The van der Waals surface area contributed by atoms with Crippen LogP contribution < -0.4 is 5.32 Å². The number of amides is 1. The maximum atomic E-state index is 12.2. The minimum atomic E-state index is -0.254. The zero-order valence-corrected chi connectivity index (χ0v) is 12.9. The highest BCUT2D eigenvalue weighted by molar-refractivity contribution is 7.13. The molecule has 1 N–H and O–H groups in total. The Hall–Kier alpha value is -2.79. The molecule has 0 aliphatic rings. The molecule has 0 aliphatic carbocycles. The average molecular weight is 323 g/mol. The van der Waals surface area contributed by atoms with Gasteiger partial charge in [0.2, 0.25) is 0 Å². The lowest BCUT2D eigenvalue weighted by Crippen LogP contribution is -2.21. The summed E-state index contributed by atoms with van der Waals surface area (Å²) in [6, 6.07) is 17.0. The number of rotatable bonds is 4. The van der Waals surface area contributed by atoms with Crippen LogP contribution in [0.25, 0.3) is 21.6 Å². The minimum Gasteiger partial charge on any atom is -0.458 e. The van der Waals surface area contributed by atoms with E-state index in [1.807, 2.05) is 53.9 Å². The van der Waals surface area contributed by atoms with Crippen LogP contribution in [0.5, 0.6) is 0 Å². The fourth-order valence-corrected chi connectivity index (χ4v) is 3.06. The van der Waals surface area contributed by atoms with Gasteiger partial charge < -0.3 is 14.2 Å². The number of fused-ring (bicyclic) bond motifs is 1. The number of carbonyl (C=O) groups excluding carboxylic acids is 1. The summed E-state index contributed by atoms with van der Waals surface area (Å²) in [5.74, 6) is 1.57. The van der Waals surface area contributed by atoms with E-state index in [1.165, 1.54) is 0 Å². The van der Waals surface area contributed by atoms with Crippen molar-refractivity contribution in [3.05, 3.63) is 71.5 Å². The Morgan fingerprint density at radius 3 is 2.78 bits per heavy atom. The molecular weight excluding hydrogens is 310 g/mol. The van der Waals surface area contributed by atoms with E-state index in [0.29, 0.717) is 23.6 Å². The van der Waals surface area contributed by atoms with Crippen LogP contribution in [-0.2, 0) is 6.54 Å². The summed E-state index contributed by atoms with van der Waals surface area (Å²) in [6.45, 7) is 0.321. The highest BCUT2D eigenvalue weighted by atomic mass is 32.1. The van der Waals surface area contributed by atoms with Crippen molar-refractivity contribution in [2.75, 3.05) is 0 Å². The second-order valence-corrected chi connectivity index (χ2v) is 6.02. The first-order chi connectivity index (χ1) is 11.3. The first kappa shape index (κ1) is 13.8. The molecule has 0 fully saturated rings. The molecule has 23 heavy (non-hydrogen) atoms. The first-order valence-corrected chi connectivity index (χ1v) is 8.07. The molecule has 4 aromatic rings. The predicted octanol–water partition coefficient (Wildman–Crippen LogP) is 4.68. The molecule has 114 valence electrons. The fourth-order valence-electron chi connectivity index (χ4n) is 2.37. The molecule has 3 heterocycles. The normalized spacial score (nSPS) is 11.0. The third-order valence-electron chi connectivity index (χ3n) is 3.50. The van der Waals surface area contributed by atoms with Crippen molar-refractivity contribution in [1.29, 1.82) is 0 Å². The Morgan fingerprint density at radius 2 is 1.96 bits per heavy atom. The van der Waals surface area contributed by atoms with Gasteiger partial charge in [0.25, 0.3) is 5.91 Å². The average Bonchev–Trinajstić information content (AvgIpc) is 3.31. The summed E-state index contributed by atoms with van der Waals surface area (Å²) in [5, 5.41) is 5.73. The lowest BCUT2D eigenvalue weighted by atomic mass is 10.2. The van der Waals surface area contributed by atoms with Crippen LogP contribution in [0.15, 0.2) is 68.8 Å². The van der Waals surface area contributed by atoms with Gasteiger partial charge in [-0.2, -0.15) is 0 Å². The number of hydrogen-bond donors (Lipinski definition) is 1. The summed E-state index contributed by atoms with van der Waals surface area (Å²) in [6.07, 6.45) is 0. The lowest BCUT2D eigenvalue weighted by molar-refractivity contribution is 0.0922. The number of carbonyl (C=O) groups is 1. The molecule has 0 saturated carbocycles. The smallest absolute Gasteiger partial charge is 0.287 e. The van der Waals surface area contributed by atoms with Crippen molar-refractivity contribution in [3.63, 3.8) is 0 Å². The van der Waals surface area contributed by atoms with Gasteiger partial charge in [-0.25, -0.2) is 0 Å². The van der Waals surface area contributed by atoms with Gasteiger partial charge in [-0.05, 0) is 35.7 Å². The van der Waals surface area contributed by atoms with Gasteiger partial charge in [0.1, 0.15) is 17.1 Å². The quantitative estimate of drug-likeness (QED) is 0.593. The van der Waals surface area contributed by atoms with Gasteiger partial charge in [0, 0.05) is 5.39 Å². The van der Waals surface area contributed by atoms with E-state index >= 15 is 0 Å². The zero-order valence-electron chi connectivity index (χ0n) is 12.1. The highest BCUT2D eigenvalue weighted by Gasteiger charge is 2.13. The third kappa shape index (κ3) is 2.78. The lowest BCUT2D eigenvalue weighted by Gasteiger charge is -2.00.